The number of aliphatic imine (C=N–C) groups is 1. The van der Waals surface area contributed by atoms with E-state index in [0.717, 1.165) is 18.9 Å². The molecule has 0 aromatic heterocycles. The van der Waals surface area contributed by atoms with Crippen LogP contribution in [0.15, 0.2) is 28.1 Å². The summed E-state index contributed by atoms with van der Waals surface area (Å²) < 4.78 is 39.1. The van der Waals surface area contributed by atoms with Gasteiger partial charge in [0.05, 0.1) is 5.69 Å². The summed E-state index contributed by atoms with van der Waals surface area (Å²) in [6.45, 7) is 2.56. The number of guanidine groups is 1. The fraction of sp³-hybridized carbons (Fsp3) is 0.364. The molecule has 1 aromatic rings. The molecule has 0 aliphatic carbocycles. The van der Waals surface area contributed by atoms with Gasteiger partial charge >= 0.3 is 0 Å². The zero-order chi connectivity index (χ0) is 13.2. The van der Waals surface area contributed by atoms with Crippen molar-refractivity contribution in [1.29, 1.82) is 0 Å². The maximum Gasteiger partial charge on any atom is 0.266 e. The van der Waals surface area contributed by atoms with Gasteiger partial charge in [0.1, 0.15) is 10.7 Å². The third-order valence-electron chi connectivity index (χ3n) is 2.50. The Morgan fingerprint density at radius 2 is 2.11 bits per heavy atom. The molecule has 2 rings (SSSR count). The normalized spacial score (nSPS) is 17.9. The lowest BCUT2D eigenvalue weighted by Crippen LogP contribution is -2.40. The predicted octanol–water partition coefficient (Wildman–Crippen LogP) is 0.861. The number of hydrogen-bond donors (Lipinski definition) is 2. The summed E-state index contributed by atoms with van der Waals surface area (Å²) in [5, 5.41) is 2.83. The molecular weight excluding hydrogens is 273 g/mol. The van der Waals surface area contributed by atoms with E-state index in [2.05, 4.69) is 15.0 Å². The molecule has 0 unspecified atom stereocenters. The van der Waals surface area contributed by atoms with E-state index in [0.29, 0.717) is 12.2 Å². The number of anilines is 1. The zero-order valence-electron chi connectivity index (χ0n) is 10.4. The Kier molecular flexibility index (Phi) is 4.84. The minimum absolute atomic E-state index is 0. The van der Waals surface area contributed by atoms with Crippen LogP contribution >= 0.6 is 0 Å². The molecular formula is C11H16FN3O3S. The molecule has 19 heavy (non-hydrogen) atoms. The third kappa shape index (κ3) is 3.42. The maximum absolute atomic E-state index is 13.0. The molecule has 8 heteroatoms. The van der Waals surface area contributed by atoms with Crippen LogP contribution in [0.25, 0.3) is 0 Å². The molecule has 4 N–H and O–H groups in total. The van der Waals surface area contributed by atoms with E-state index in [1.807, 2.05) is 6.92 Å². The summed E-state index contributed by atoms with van der Waals surface area (Å²) in [6.07, 6.45) is 1.86. The highest BCUT2D eigenvalue weighted by atomic mass is 32.2. The summed E-state index contributed by atoms with van der Waals surface area (Å²) in [6, 6.07) is 3.57. The number of rotatable bonds is 3. The first-order valence-corrected chi connectivity index (χ1v) is 7.15. The molecule has 0 radical (unpaired) electrons. The molecule has 1 aliphatic rings. The van der Waals surface area contributed by atoms with Crippen molar-refractivity contribution in [3.05, 3.63) is 24.0 Å². The van der Waals surface area contributed by atoms with E-state index < -0.39 is 15.8 Å². The van der Waals surface area contributed by atoms with Crippen molar-refractivity contribution < 1.29 is 18.3 Å². The van der Waals surface area contributed by atoms with Gasteiger partial charge in [-0.3, -0.25) is 4.99 Å². The van der Waals surface area contributed by atoms with Gasteiger partial charge in [-0.2, -0.15) is 0 Å². The Bertz CT molecular complexity index is 587. The van der Waals surface area contributed by atoms with Crippen molar-refractivity contribution in [3.63, 3.8) is 0 Å². The Morgan fingerprint density at radius 1 is 1.37 bits per heavy atom. The average Bonchev–Trinajstić information content (AvgIpc) is 2.30. The Morgan fingerprint density at radius 3 is 2.79 bits per heavy atom. The van der Waals surface area contributed by atoms with Gasteiger partial charge in [0.25, 0.3) is 10.0 Å². The highest BCUT2D eigenvalue weighted by molar-refractivity contribution is 7.90. The molecule has 0 fully saturated rings. The number of nitrogens with one attached hydrogen (secondary N) is 2. The van der Waals surface area contributed by atoms with Gasteiger partial charge in [0, 0.05) is 6.54 Å². The topological polar surface area (TPSA) is 102 Å². The molecule has 0 amide bonds. The molecule has 0 saturated carbocycles. The number of fused-ring (bicyclic) bond motifs is 1. The molecule has 6 nitrogen and oxygen atoms in total. The zero-order valence-corrected chi connectivity index (χ0v) is 11.2. The van der Waals surface area contributed by atoms with Gasteiger partial charge in [0.15, 0.2) is 0 Å². The maximum atomic E-state index is 13.0. The van der Waals surface area contributed by atoms with Crippen molar-refractivity contribution in [2.75, 3.05) is 11.9 Å². The van der Waals surface area contributed by atoms with Crippen LogP contribution in [0.3, 0.4) is 0 Å². The van der Waals surface area contributed by atoms with Crippen molar-refractivity contribution in [3.8, 4) is 0 Å². The smallest absolute Gasteiger partial charge is 0.266 e. The van der Waals surface area contributed by atoms with Gasteiger partial charge in [-0.25, -0.2) is 17.5 Å². The molecule has 0 atom stereocenters. The lowest BCUT2D eigenvalue weighted by molar-refractivity contribution is 0.586. The van der Waals surface area contributed by atoms with Crippen LogP contribution in [0.4, 0.5) is 10.1 Å². The van der Waals surface area contributed by atoms with Crippen molar-refractivity contribution in [2.45, 2.75) is 24.7 Å². The minimum Gasteiger partial charge on any atom is -0.412 e. The first kappa shape index (κ1) is 15.4. The molecule has 0 saturated heterocycles. The van der Waals surface area contributed by atoms with E-state index >= 15 is 0 Å². The van der Waals surface area contributed by atoms with Crippen molar-refractivity contribution >= 4 is 21.7 Å². The molecule has 0 spiro atoms. The van der Waals surface area contributed by atoms with E-state index in [1.165, 1.54) is 12.1 Å². The van der Waals surface area contributed by atoms with Gasteiger partial charge in [-0.15, -0.1) is 0 Å². The molecule has 1 heterocycles. The van der Waals surface area contributed by atoms with Gasteiger partial charge in [-0.05, 0) is 24.6 Å². The van der Waals surface area contributed by atoms with Crippen LogP contribution < -0.4 is 10.0 Å². The number of benzene rings is 1. The summed E-state index contributed by atoms with van der Waals surface area (Å²) in [5.74, 6) is -0.408. The standard InChI is InChI=1S/C11H14FN3O2S.H2O/c1-2-3-6-13-11-14-9-5-4-8(12)7-10(9)18(16,17)15-11;/h4-5,7H,2-3,6H2,1H3,(H2,13,14,15);1H2. The highest BCUT2D eigenvalue weighted by Crippen LogP contribution is 2.25. The second-order valence-corrected chi connectivity index (χ2v) is 5.61. The van der Waals surface area contributed by atoms with Gasteiger partial charge < -0.3 is 10.8 Å². The monoisotopic (exact) mass is 289 g/mol. The van der Waals surface area contributed by atoms with Crippen LogP contribution in [0, 0.1) is 5.82 Å². The summed E-state index contributed by atoms with van der Waals surface area (Å²) >= 11 is 0. The summed E-state index contributed by atoms with van der Waals surface area (Å²) in [4.78, 5) is 4.01. The SMILES string of the molecule is CCCCN=C1Nc2ccc(F)cc2S(=O)(=O)N1.O. The third-order valence-corrected chi connectivity index (χ3v) is 3.88. The lowest BCUT2D eigenvalue weighted by atomic mass is 10.3. The second kappa shape index (κ2) is 5.98. The van der Waals surface area contributed by atoms with Crippen LogP contribution in [0.5, 0.6) is 0 Å². The predicted molar refractivity (Wildman–Crippen MR) is 71.2 cm³/mol. The molecule has 1 aromatic carbocycles. The fourth-order valence-electron chi connectivity index (χ4n) is 1.58. The number of nitrogens with zero attached hydrogens (tertiary/aromatic N) is 1. The number of sulfonamides is 1. The Labute approximate surface area is 111 Å². The average molecular weight is 289 g/mol. The van der Waals surface area contributed by atoms with Crippen molar-refractivity contribution in [1.82, 2.24) is 4.72 Å². The fourth-order valence-corrected chi connectivity index (χ4v) is 2.73. The van der Waals surface area contributed by atoms with Crippen LogP contribution in [0.1, 0.15) is 19.8 Å². The van der Waals surface area contributed by atoms with Crippen molar-refractivity contribution in [2.24, 2.45) is 4.99 Å². The van der Waals surface area contributed by atoms with Gasteiger partial charge in [-0.1, -0.05) is 13.3 Å². The number of hydrogen-bond acceptors (Lipinski definition) is 3. The quantitative estimate of drug-likeness (QED) is 0.807. The second-order valence-electron chi connectivity index (χ2n) is 3.95. The summed E-state index contributed by atoms with van der Waals surface area (Å²) in [7, 11) is -3.73. The Hall–Kier alpha value is -1.67. The Balaban J connectivity index is 0.00000180. The molecule has 1 aliphatic heterocycles. The lowest BCUT2D eigenvalue weighted by Gasteiger charge is -2.21. The first-order chi connectivity index (χ1) is 8.53. The number of unbranched alkanes of at least 4 members (excludes halogenated alkanes) is 1. The van der Waals surface area contributed by atoms with Crippen LogP contribution in [0.2, 0.25) is 0 Å². The highest BCUT2D eigenvalue weighted by Gasteiger charge is 2.26. The van der Waals surface area contributed by atoms with Gasteiger partial charge in [0.2, 0.25) is 5.96 Å². The molecule has 106 valence electrons. The van der Waals surface area contributed by atoms with E-state index in [1.54, 1.807) is 0 Å². The van der Waals surface area contributed by atoms with E-state index in [-0.39, 0.29) is 16.3 Å². The minimum atomic E-state index is -3.73. The number of halogens is 1. The van der Waals surface area contributed by atoms with E-state index in [4.69, 9.17) is 0 Å². The molecule has 0 bridgehead atoms. The van der Waals surface area contributed by atoms with Crippen LogP contribution in [-0.4, -0.2) is 26.4 Å². The van der Waals surface area contributed by atoms with Crippen LogP contribution in [-0.2, 0) is 10.0 Å². The first-order valence-electron chi connectivity index (χ1n) is 5.67. The largest absolute Gasteiger partial charge is 0.412 e. The summed E-state index contributed by atoms with van der Waals surface area (Å²) in [5.41, 5.74) is 0.338. The van der Waals surface area contributed by atoms with E-state index in [9.17, 15) is 12.8 Å².